The van der Waals surface area contributed by atoms with Crippen LogP contribution in [0.25, 0.3) is 5.82 Å². The lowest BCUT2D eigenvalue weighted by Crippen LogP contribution is -2.16. The topological polar surface area (TPSA) is 89.2 Å². The minimum atomic E-state index is -0.822. The largest absolute Gasteiger partial charge is 0.481 e. The molecule has 28 heavy (non-hydrogen) atoms. The van der Waals surface area contributed by atoms with Crippen LogP contribution >= 0.6 is 0 Å². The first kappa shape index (κ1) is 19.4. The molecule has 1 unspecified atom stereocenters. The van der Waals surface area contributed by atoms with E-state index in [-0.39, 0.29) is 5.91 Å². The van der Waals surface area contributed by atoms with Gasteiger partial charge in [0.1, 0.15) is 11.4 Å². The molecule has 2 heterocycles. The second kappa shape index (κ2) is 7.72. The second-order valence-corrected chi connectivity index (χ2v) is 7.05. The van der Waals surface area contributed by atoms with Gasteiger partial charge in [0.05, 0.1) is 12.1 Å². The summed E-state index contributed by atoms with van der Waals surface area (Å²) in [5, 5.41) is 16.2. The fourth-order valence-electron chi connectivity index (χ4n) is 3.22. The molecule has 0 saturated heterocycles. The molecule has 7 heteroatoms. The molecule has 7 nitrogen and oxygen atoms in total. The van der Waals surface area contributed by atoms with E-state index in [9.17, 15) is 9.59 Å². The first-order valence-corrected chi connectivity index (χ1v) is 9.08. The molecule has 3 rings (SSSR count). The van der Waals surface area contributed by atoms with E-state index < -0.39 is 11.9 Å². The number of carboxylic acid groups (broad SMARTS) is 1. The summed E-state index contributed by atoms with van der Waals surface area (Å²) >= 11 is 0. The molecule has 1 aromatic carbocycles. The van der Waals surface area contributed by atoms with Crippen molar-refractivity contribution in [3.63, 3.8) is 0 Å². The Labute approximate surface area is 163 Å². The smallest absolute Gasteiger partial charge is 0.306 e. The predicted molar refractivity (Wildman–Crippen MR) is 107 cm³/mol. The predicted octanol–water partition coefficient (Wildman–Crippen LogP) is 3.34. The van der Waals surface area contributed by atoms with Crippen molar-refractivity contribution in [3.05, 3.63) is 65.1 Å². The Bertz CT molecular complexity index is 995. The summed E-state index contributed by atoms with van der Waals surface area (Å²) in [6.45, 7) is 5.64. The van der Waals surface area contributed by atoms with Gasteiger partial charge in [-0.2, -0.15) is 5.10 Å². The van der Waals surface area contributed by atoms with Crippen LogP contribution < -0.4 is 5.32 Å². The van der Waals surface area contributed by atoms with Gasteiger partial charge in [0.25, 0.3) is 5.91 Å². The standard InChI is InChI=1S/C21H24N4O3/c1-13(21(27)28)11-16-7-9-17(10-8-16)23-19(26)18-12-22-24(4)20(18)25-14(2)5-6-15(25)3/h5-10,12-13H,11H2,1-4H3,(H,23,26)(H,27,28). The molecule has 2 aromatic heterocycles. The van der Waals surface area contributed by atoms with E-state index in [1.54, 1.807) is 29.9 Å². The zero-order valence-corrected chi connectivity index (χ0v) is 16.4. The molecular formula is C21H24N4O3. The highest BCUT2D eigenvalue weighted by molar-refractivity contribution is 6.06. The molecule has 0 spiro atoms. The second-order valence-electron chi connectivity index (χ2n) is 7.05. The van der Waals surface area contributed by atoms with Crippen LogP contribution in [-0.4, -0.2) is 31.3 Å². The van der Waals surface area contributed by atoms with Gasteiger partial charge >= 0.3 is 5.97 Å². The van der Waals surface area contributed by atoms with Crippen LogP contribution in [0.5, 0.6) is 0 Å². The number of hydrogen-bond acceptors (Lipinski definition) is 3. The number of carbonyl (C=O) groups is 2. The van der Waals surface area contributed by atoms with Crippen molar-refractivity contribution in [1.82, 2.24) is 14.3 Å². The first-order chi connectivity index (χ1) is 13.3. The number of carbonyl (C=O) groups excluding carboxylic acids is 1. The maximum absolute atomic E-state index is 12.9. The number of hydrogen-bond donors (Lipinski definition) is 2. The minimum absolute atomic E-state index is 0.248. The van der Waals surface area contributed by atoms with Gasteiger partial charge in [0.2, 0.25) is 0 Å². The third-order valence-electron chi connectivity index (χ3n) is 4.81. The lowest BCUT2D eigenvalue weighted by Gasteiger charge is -2.13. The SMILES string of the molecule is Cc1ccc(C)n1-c1c(C(=O)Nc2ccc(CC(C)C(=O)O)cc2)cnn1C. The molecule has 0 aliphatic heterocycles. The van der Waals surface area contributed by atoms with E-state index in [1.165, 1.54) is 0 Å². The van der Waals surface area contributed by atoms with Crippen LogP contribution in [0.15, 0.2) is 42.6 Å². The quantitative estimate of drug-likeness (QED) is 0.686. The van der Waals surface area contributed by atoms with Crippen molar-refractivity contribution in [2.75, 3.05) is 5.32 Å². The fourth-order valence-corrected chi connectivity index (χ4v) is 3.22. The molecule has 1 amide bonds. The Balaban J connectivity index is 1.80. The number of aryl methyl sites for hydroxylation is 3. The van der Waals surface area contributed by atoms with Gasteiger partial charge in [-0.25, -0.2) is 0 Å². The number of aliphatic carboxylic acids is 1. The number of amides is 1. The lowest BCUT2D eigenvalue weighted by molar-refractivity contribution is -0.141. The minimum Gasteiger partial charge on any atom is -0.481 e. The van der Waals surface area contributed by atoms with Crippen LogP contribution in [-0.2, 0) is 18.3 Å². The van der Waals surface area contributed by atoms with Crippen molar-refractivity contribution >= 4 is 17.6 Å². The molecule has 146 valence electrons. The van der Waals surface area contributed by atoms with Gasteiger partial charge in [0.15, 0.2) is 0 Å². The fraction of sp³-hybridized carbons (Fsp3) is 0.286. The summed E-state index contributed by atoms with van der Waals surface area (Å²) in [4.78, 5) is 23.8. The molecule has 0 bridgehead atoms. The molecule has 0 fully saturated rings. The van der Waals surface area contributed by atoms with E-state index in [4.69, 9.17) is 5.11 Å². The number of benzene rings is 1. The van der Waals surface area contributed by atoms with Crippen LogP contribution in [0.3, 0.4) is 0 Å². The zero-order valence-electron chi connectivity index (χ0n) is 16.4. The maximum Gasteiger partial charge on any atom is 0.306 e. The van der Waals surface area contributed by atoms with E-state index >= 15 is 0 Å². The molecule has 2 N–H and O–H groups in total. The molecule has 1 atom stereocenters. The van der Waals surface area contributed by atoms with Gasteiger partial charge in [-0.15, -0.1) is 0 Å². The Morgan fingerprint density at radius 1 is 1.11 bits per heavy atom. The van der Waals surface area contributed by atoms with E-state index in [0.29, 0.717) is 23.5 Å². The highest BCUT2D eigenvalue weighted by atomic mass is 16.4. The highest BCUT2D eigenvalue weighted by Crippen LogP contribution is 2.21. The maximum atomic E-state index is 12.9. The number of aromatic nitrogens is 3. The summed E-state index contributed by atoms with van der Waals surface area (Å²) < 4.78 is 3.68. The van der Waals surface area contributed by atoms with E-state index in [2.05, 4.69) is 10.4 Å². The van der Waals surface area contributed by atoms with Gasteiger partial charge in [-0.1, -0.05) is 19.1 Å². The number of anilines is 1. The Kier molecular flexibility index (Phi) is 5.35. The van der Waals surface area contributed by atoms with Gasteiger partial charge in [-0.05, 0) is 50.1 Å². The Morgan fingerprint density at radius 3 is 2.29 bits per heavy atom. The average molecular weight is 380 g/mol. The van der Waals surface area contributed by atoms with Crippen LogP contribution in [0, 0.1) is 19.8 Å². The molecule has 3 aromatic rings. The summed E-state index contributed by atoms with van der Waals surface area (Å²) in [5.41, 5.74) is 4.08. The zero-order chi connectivity index (χ0) is 20.4. The van der Waals surface area contributed by atoms with E-state index in [1.807, 2.05) is 49.7 Å². The monoisotopic (exact) mass is 380 g/mol. The summed E-state index contributed by atoms with van der Waals surface area (Å²) in [5.74, 6) is -0.810. The normalized spacial score (nSPS) is 12.0. The third kappa shape index (κ3) is 3.83. The summed E-state index contributed by atoms with van der Waals surface area (Å²) in [6.07, 6.45) is 2.01. The van der Waals surface area contributed by atoms with Crippen molar-refractivity contribution in [2.45, 2.75) is 27.2 Å². The lowest BCUT2D eigenvalue weighted by atomic mass is 10.0. The van der Waals surface area contributed by atoms with Crippen molar-refractivity contribution in [2.24, 2.45) is 13.0 Å². The molecular weight excluding hydrogens is 356 g/mol. The number of nitrogens with zero attached hydrogens (tertiary/aromatic N) is 3. The average Bonchev–Trinajstić information content (AvgIpc) is 3.18. The van der Waals surface area contributed by atoms with Crippen LogP contribution in [0.2, 0.25) is 0 Å². The summed E-state index contributed by atoms with van der Waals surface area (Å²) in [7, 11) is 1.81. The Hall–Kier alpha value is -3.35. The van der Waals surface area contributed by atoms with Crippen LogP contribution in [0.4, 0.5) is 5.69 Å². The number of carboxylic acids is 1. The molecule has 0 aliphatic carbocycles. The Morgan fingerprint density at radius 2 is 1.71 bits per heavy atom. The van der Waals surface area contributed by atoms with Crippen molar-refractivity contribution in [3.8, 4) is 5.82 Å². The number of rotatable bonds is 6. The first-order valence-electron chi connectivity index (χ1n) is 9.08. The van der Waals surface area contributed by atoms with Gasteiger partial charge in [-0.3, -0.25) is 14.3 Å². The summed E-state index contributed by atoms with van der Waals surface area (Å²) in [6, 6.07) is 11.2. The third-order valence-corrected chi connectivity index (χ3v) is 4.81. The van der Waals surface area contributed by atoms with Crippen LogP contribution in [0.1, 0.15) is 34.2 Å². The van der Waals surface area contributed by atoms with E-state index in [0.717, 1.165) is 17.0 Å². The molecule has 0 radical (unpaired) electrons. The van der Waals surface area contributed by atoms with Crippen molar-refractivity contribution in [1.29, 1.82) is 0 Å². The van der Waals surface area contributed by atoms with Gasteiger partial charge in [0, 0.05) is 24.1 Å². The highest BCUT2D eigenvalue weighted by Gasteiger charge is 2.20. The van der Waals surface area contributed by atoms with Crippen molar-refractivity contribution < 1.29 is 14.7 Å². The number of nitrogens with one attached hydrogen (secondary N) is 1. The van der Waals surface area contributed by atoms with Gasteiger partial charge < -0.3 is 15.0 Å². The molecule has 0 saturated carbocycles. The molecule has 0 aliphatic rings.